The molecule has 0 fully saturated rings. The number of nitrogens with one attached hydrogen (secondary N) is 3. The number of anilines is 2. The standard InChI is InChI=1S/C20H24ClN3O4S2/c1-3-30(27,28)24-15-10-8-14(9-11-15)22-20(26)18(12-13-29-2)23-19(25)16-6-4-5-7-17(16)21/h4-11,18,24H,3,12-13H2,1-2H3,(H,22,26)(H,23,25). The fraction of sp³-hybridized carbons (Fsp3) is 0.300. The van der Waals surface area contributed by atoms with Crippen molar-refractivity contribution in [1.29, 1.82) is 0 Å². The van der Waals surface area contributed by atoms with Crippen LogP contribution in [0.5, 0.6) is 0 Å². The van der Waals surface area contributed by atoms with Gasteiger partial charge in [0.1, 0.15) is 6.04 Å². The maximum atomic E-state index is 12.8. The molecule has 3 N–H and O–H groups in total. The van der Waals surface area contributed by atoms with Crippen molar-refractivity contribution in [2.24, 2.45) is 0 Å². The lowest BCUT2D eigenvalue weighted by Crippen LogP contribution is -2.44. The van der Waals surface area contributed by atoms with Gasteiger partial charge in [-0.2, -0.15) is 11.8 Å². The van der Waals surface area contributed by atoms with Crippen LogP contribution in [0.15, 0.2) is 48.5 Å². The summed E-state index contributed by atoms with van der Waals surface area (Å²) in [4.78, 5) is 25.3. The average molecular weight is 470 g/mol. The molecule has 0 spiro atoms. The Labute approximate surface area is 186 Å². The maximum absolute atomic E-state index is 12.8. The zero-order valence-electron chi connectivity index (χ0n) is 16.6. The summed E-state index contributed by atoms with van der Waals surface area (Å²) in [6, 6.07) is 12.2. The van der Waals surface area contributed by atoms with Crippen molar-refractivity contribution in [2.75, 3.05) is 27.8 Å². The molecule has 2 aromatic rings. The number of amides is 2. The number of thioether (sulfide) groups is 1. The fourth-order valence-corrected chi connectivity index (χ4v) is 3.82. The van der Waals surface area contributed by atoms with Crippen LogP contribution in [0.3, 0.4) is 0 Å². The van der Waals surface area contributed by atoms with Crippen LogP contribution < -0.4 is 15.4 Å². The molecule has 2 rings (SSSR count). The number of sulfonamides is 1. The number of carbonyl (C=O) groups is 2. The average Bonchev–Trinajstić information content (AvgIpc) is 2.72. The smallest absolute Gasteiger partial charge is 0.253 e. The molecule has 30 heavy (non-hydrogen) atoms. The maximum Gasteiger partial charge on any atom is 0.253 e. The molecule has 2 aromatic carbocycles. The molecule has 2 amide bonds. The second-order valence-electron chi connectivity index (χ2n) is 6.36. The highest BCUT2D eigenvalue weighted by Crippen LogP contribution is 2.17. The van der Waals surface area contributed by atoms with Gasteiger partial charge in [0.05, 0.1) is 16.3 Å². The van der Waals surface area contributed by atoms with Crippen molar-refractivity contribution in [1.82, 2.24) is 5.32 Å². The Balaban J connectivity index is 2.07. The quantitative estimate of drug-likeness (QED) is 0.493. The summed E-state index contributed by atoms with van der Waals surface area (Å²) in [6.07, 6.45) is 2.36. The Kier molecular flexibility index (Phi) is 9.01. The summed E-state index contributed by atoms with van der Waals surface area (Å²) in [7, 11) is -3.37. The van der Waals surface area contributed by atoms with E-state index in [1.165, 1.54) is 0 Å². The highest BCUT2D eigenvalue weighted by atomic mass is 35.5. The van der Waals surface area contributed by atoms with E-state index < -0.39 is 22.0 Å². The second-order valence-corrected chi connectivity index (χ2v) is 9.76. The third-order valence-electron chi connectivity index (χ3n) is 4.16. The molecule has 0 aliphatic rings. The van der Waals surface area contributed by atoms with Gasteiger partial charge in [-0.25, -0.2) is 8.42 Å². The molecule has 7 nitrogen and oxygen atoms in total. The number of carbonyl (C=O) groups excluding carboxylic acids is 2. The summed E-state index contributed by atoms with van der Waals surface area (Å²) in [6.45, 7) is 1.54. The monoisotopic (exact) mass is 469 g/mol. The molecule has 0 aromatic heterocycles. The molecule has 0 aliphatic carbocycles. The van der Waals surface area contributed by atoms with Crippen molar-refractivity contribution < 1.29 is 18.0 Å². The predicted octanol–water partition coefficient (Wildman–Crippen LogP) is 3.59. The van der Waals surface area contributed by atoms with Crippen LogP contribution in [0, 0.1) is 0 Å². The lowest BCUT2D eigenvalue weighted by atomic mass is 10.1. The highest BCUT2D eigenvalue weighted by Gasteiger charge is 2.22. The van der Waals surface area contributed by atoms with E-state index >= 15 is 0 Å². The van der Waals surface area contributed by atoms with E-state index in [4.69, 9.17) is 11.6 Å². The third-order valence-corrected chi connectivity index (χ3v) is 6.44. The summed E-state index contributed by atoms with van der Waals surface area (Å²) in [5.41, 5.74) is 1.19. The molecule has 162 valence electrons. The molecule has 0 radical (unpaired) electrons. The first-order chi connectivity index (χ1) is 14.3. The largest absolute Gasteiger partial charge is 0.340 e. The Morgan fingerprint density at radius 3 is 2.30 bits per heavy atom. The Morgan fingerprint density at radius 2 is 1.70 bits per heavy atom. The van der Waals surface area contributed by atoms with Gasteiger partial charge in [-0.3, -0.25) is 14.3 Å². The van der Waals surface area contributed by atoms with Crippen molar-refractivity contribution in [3.05, 3.63) is 59.1 Å². The number of hydrogen-bond acceptors (Lipinski definition) is 5. The topological polar surface area (TPSA) is 104 Å². The van der Waals surface area contributed by atoms with E-state index in [1.54, 1.807) is 67.2 Å². The van der Waals surface area contributed by atoms with Crippen LogP contribution in [0.25, 0.3) is 0 Å². The number of rotatable bonds is 10. The minimum Gasteiger partial charge on any atom is -0.340 e. The summed E-state index contributed by atoms with van der Waals surface area (Å²) in [5, 5.41) is 5.80. The molecule has 1 atom stereocenters. The normalized spacial score (nSPS) is 12.1. The van der Waals surface area contributed by atoms with E-state index in [2.05, 4.69) is 15.4 Å². The van der Waals surface area contributed by atoms with Crippen molar-refractivity contribution in [3.63, 3.8) is 0 Å². The van der Waals surface area contributed by atoms with Crippen LogP contribution in [-0.2, 0) is 14.8 Å². The van der Waals surface area contributed by atoms with Gasteiger partial charge < -0.3 is 10.6 Å². The zero-order valence-corrected chi connectivity index (χ0v) is 19.0. The van der Waals surface area contributed by atoms with E-state index in [0.29, 0.717) is 34.1 Å². The predicted molar refractivity (Wildman–Crippen MR) is 124 cm³/mol. The number of benzene rings is 2. The summed E-state index contributed by atoms with van der Waals surface area (Å²) < 4.78 is 25.7. The molecule has 0 saturated carbocycles. The molecule has 0 bridgehead atoms. The number of halogens is 1. The fourth-order valence-electron chi connectivity index (χ4n) is 2.49. The first-order valence-corrected chi connectivity index (χ1v) is 12.6. The van der Waals surface area contributed by atoms with E-state index in [-0.39, 0.29) is 11.7 Å². The minimum atomic E-state index is -3.37. The highest BCUT2D eigenvalue weighted by molar-refractivity contribution is 7.98. The van der Waals surface area contributed by atoms with E-state index in [0.717, 1.165) is 0 Å². The van der Waals surface area contributed by atoms with Crippen LogP contribution >= 0.6 is 23.4 Å². The Hall–Kier alpha value is -2.23. The molecule has 1 unspecified atom stereocenters. The summed E-state index contributed by atoms with van der Waals surface area (Å²) in [5.74, 6) is -0.149. The van der Waals surface area contributed by atoms with Crippen LogP contribution in [0.4, 0.5) is 11.4 Å². The lowest BCUT2D eigenvalue weighted by molar-refractivity contribution is -0.118. The van der Waals surface area contributed by atoms with Crippen molar-refractivity contribution >= 4 is 56.6 Å². The molecule has 0 aliphatic heterocycles. The third kappa shape index (κ3) is 7.23. The first-order valence-electron chi connectivity index (χ1n) is 9.21. The zero-order chi connectivity index (χ0) is 22.1. The minimum absolute atomic E-state index is 0.0340. The molecule has 10 heteroatoms. The van der Waals surface area contributed by atoms with Gasteiger partial charge >= 0.3 is 0 Å². The first kappa shape index (κ1) is 24.0. The summed E-state index contributed by atoms with van der Waals surface area (Å²) >= 11 is 7.64. The van der Waals surface area contributed by atoms with Gasteiger partial charge in [-0.05, 0) is 61.8 Å². The van der Waals surface area contributed by atoms with E-state index in [9.17, 15) is 18.0 Å². The molecular weight excluding hydrogens is 446 g/mol. The van der Waals surface area contributed by atoms with Gasteiger partial charge in [-0.1, -0.05) is 23.7 Å². The van der Waals surface area contributed by atoms with E-state index in [1.807, 2.05) is 6.26 Å². The Morgan fingerprint density at radius 1 is 1.07 bits per heavy atom. The number of hydrogen-bond donors (Lipinski definition) is 3. The van der Waals surface area contributed by atoms with Crippen LogP contribution in [-0.4, -0.2) is 44.0 Å². The van der Waals surface area contributed by atoms with Crippen molar-refractivity contribution in [2.45, 2.75) is 19.4 Å². The lowest BCUT2D eigenvalue weighted by Gasteiger charge is -2.19. The van der Waals surface area contributed by atoms with Crippen molar-refractivity contribution in [3.8, 4) is 0 Å². The Bertz CT molecular complexity index is 982. The SMILES string of the molecule is CCS(=O)(=O)Nc1ccc(NC(=O)C(CCSC)NC(=O)c2ccccc2Cl)cc1. The molecular formula is C20H24ClN3O4S2. The van der Waals surface area contributed by atoms with Crippen LogP contribution in [0.2, 0.25) is 5.02 Å². The van der Waals surface area contributed by atoms with Crippen LogP contribution in [0.1, 0.15) is 23.7 Å². The molecule has 0 heterocycles. The molecule has 0 saturated heterocycles. The second kappa shape index (κ2) is 11.2. The van der Waals surface area contributed by atoms with Gasteiger partial charge in [0.2, 0.25) is 15.9 Å². The van der Waals surface area contributed by atoms with Gasteiger partial charge in [0.25, 0.3) is 5.91 Å². The van der Waals surface area contributed by atoms with Gasteiger partial charge in [-0.15, -0.1) is 0 Å². The van der Waals surface area contributed by atoms with Gasteiger partial charge in [0, 0.05) is 11.4 Å². The van der Waals surface area contributed by atoms with Gasteiger partial charge in [0.15, 0.2) is 0 Å².